The van der Waals surface area contributed by atoms with Gasteiger partial charge in [0, 0.05) is 16.0 Å². The molecule has 3 nitrogen and oxygen atoms in total. The molecular weight excluding hydrogens is 330 g/mol. The lowest BCUT2D eigenvalue weighted by molar-refractivity contribution is 0.0698. The van der Waals surface area contributed by atoms with Gasteiger partial charge in [0.05, 0.1) is 11.3 Å². The molecule has 0 fully saturated rings. The van der Waals surface area contributed by atoms with Crippen molar-refractivity contribution in [3.05, 3.63) is 63.1 Å². The minimum Gasteiger partial charge on any atom is -0.478 e. The van der Waals surface area contributed by atoms with Crippen LogP contribution in [0.2, 0.25) is 5.02 Å². The van der Waals surface area contributed by atoms with Crippen molar-refractivity contribution in [2.45, 2.75) is 6.54 Å². The molecule has 0 atom stereocenters. The highest BCUT2D eigenvalue weighted by Gasteiger charge is 2.10. The summed E-state index contributed by atoms with van der Waals surface area (Å²) in [5.74, 6) is -0.977. The van der Waals surface area contributed by atoms with Crippen molar-refractivity contribution in [3.8, 4) is 0 Å². The average Bonchev–Trinajstić information content (AvgIpc) is 2.38. The summed E-state index contributed by atoms with van der Waals surface area (Å²) in [5.41, 5.74) is 1.78. The Morgan fingerprint density at radius 1 is 1.21 bits per heavy atom. The molecular formula is C14H11BrClNO2. The van der Waals surface area contributed by atoms with Crippen LogP contribution in [0.25, 0.3) is 0 Å². The molecule has 0 amide bonds. The molecule has 0 spiro atoms. The molecule has 2 aromatic carbocycles. The zero-order valence-corrected chi connectivity index (χ0v) is 12.2. The zero-order valence-electron chi connectivity index (χ0n) is 9.86. The molecule has 19 heavy (non-hydrogen) atoms. The number of carboxylic acids is 1. The summed E-state index contributed by atoms with van der Waals surface area (Å²) in [6.07, 6.45) is 0. The van der Waals surface area contributed by atoms with Crippen molar-refractivity contribution in [2.75, 3.05) is 5.32 Å². The smallest absolute Gasteiger partial charge is 0.337 e. The van der Waals surface area contributed by atoms with Gasteiger partial charge in [0.1, 0.15) is 0 Å². The second kappa shape index (κ2) is 6.08. The SMILES string of the molecule is O=C(O)c1ccc(Cl)cc1NCc1ccc(Br)cc1. The zero-order chi connectivity index (χ0) is 13.8. The number of nitrogens with one attached hydrogen (secondary N) is 1. The number of benzene rings is 2. The number of aromatic carboxylic acids is 1. The molecule has 0 aromatic heterocycles. The number of anilines is 1. The first kappa shape index (κ1) is 13.9. The molecule has 5 heteroatoms. The fraction of sp³-hybridized carbons (Fsp3) is 0.0714. The van der Waals surface area contributed by atoms with Gasteiger partial charge in [-0.3, -0.25) is 0 Å². The maximum absolute atomic E-state index is 11.1. The van der Waals surface area contributed by atoms with Gasteiger partial charge in [-0.2, -0.15) is 0 Å². The summed E-state index contributed by atoms with van der Waals surface area (Å²) in [7, 11) is 0. The van der Waals surface area contributed by atoms with E-state index in [0.717, 1.165) is 10.0 Å². The van der Waals surface area contributed by atoms with Gasteiger partial charge >= 0.3 is 5.97 Å². The number of halogens is 2. The van der Waals surface area contributed by atoms with E-state index in [1.165, 1.54) is 6.07 Å². The van der Waals surface area contributed by atoms with Gasteiger partial charge in [0.2, 0.25) is 0 Å². The first-order chi connectivity index (χ1) is 9.06. The third-order valence-corrected chi connectivity index (χ3v) is 3.37. The first-order valence-electron chi connectivity index (χ1n) is 5.57. The standard InChI is InChI=1S/C14H11BrClNO2/c15-10-3-1-9(2-4-10)8-17-13-7-11(16)5-6-12(13)14(18)19/h1-7,17H,8H2,(H,18,19). The fourth-order valence-corrected chi connectivity index (χ4v) is 2.09. The van der Waals surface area contributed by atoms with Crippen LogP contribution in [-0.2, 0) is 6.54 Å². The second-order valence-electron chi connectivity index (χ2n) is 3.98. The van der Waals surface area contributed by atoms with E-state index < -0.39 is 5.97 Å². The van der Waals surface area contributed by atoms with Crippen molar-refractivity contribution in [2.24, 2.45) is 0 Å². The molecule has 0 radical (unpaired) electrons. The predicted octanol–water partition coefficient (Wildman–Crippen LogP) is 4.41. The highest BCUT2D eigenvalue weighted by Crippen LogP contribution is 2.22. The Kier molecular flexibility index (Phi) is 4.45. The maximum Gasteiger partial charge on any atom is 0.337 e. The highest BCUT2D eigenvalue weighted by atomic mass is 79.9. The van der Waals surface area contributed by atoms with E-state index in [2.05, 4.69) is 21.2 Å². The first-order valence-corrected chi connectivity index (χ1v) is 6.74. The number of carbonyl (C=O) groups is 1. The third-order valence-electron chi connectivity index (χ3n) is 2.61. The Hall–Kier alpha value is -1.52. The summed E-state index contributed by atoms with van der Waals surface area (Å²) in [4.78, 5) is 11.1. The van der Waals surface area contributed by atoms with Gasteiger partial charge in [0.15, 0.2) is 0 Å². The molecule has 0 aliphatic heterocycles. The number of carboxylic acid groups (broad SMARTS) is 1. The van der Waals surface area contributed by atoms with E-state index in [9.17, 15) is 4.79 Å². The second-order valence-corrected chi connectivity index (χ2v) is 5.33. The molecule has 0 unspecified atom stereocenters. The lowest BCUT2D eigenvalue weighted by atomic mass is 10.1. The number of hydrogen-bond donors (Lipinski definition) is 2. The van der Waals surface area contributed by atoms with Gasteiger partial charge in [-0.05, 0) is 35.9 Å². The molecule has 0 aliphatic carbocycles. The summed E-state index contributed by atoms with van der Waals surface area (Å²) < 4.78 is 1.00. The van der Waals surface area contributed by atoms with Gasteiger partial charge in [-0.1, -0.05) is 39.7 Å². The van der Waals surface area contributed by atoms with E-state index in [4.69, 9.17) is 16.7 Å². The fourth-order valence-electron chi connectivity index (χ4n) is 1.65. The van der Waals surface area contributed by atoms with Gasteiger partial charge in [-0.25, -0.2) is 4.79 Å². The van der Waals surface area contributed by atoms with Crippen LogP contribution in [0.3, 0.4) is 0 Å². The van der Waals surface area contributed by atoms with Gasteiger partial charge < -0.3 is 10.4 Å². The van der Waals surface area contributed by atoms with Crippen LogP contribution in [-0.4, -0.2) is 11.1 Å². The van der Waals surface area contributed by atoms with Crippen molar-refractivity contribution in [1.82, 2.24) is 0 Å². The van der Waals surface area contributed by atoms with Crippen LogP contribution in [0.1, 0.15) is 15.9 Å². The average molecular weight is 341 g/mol. The highest BCUT2D eigenvalue weighted by molar-refractivity contribution is 9.10. The van der Waals surface area contributed by atoms with Crippen molar-refractivity contribution >= 4 is 39.2 Å². The van der Waals surface area contributed by atoms with Crippen LogP contribution >= 0.6 is 27.5 Å². The van der Waals surface area contributed by atoms with Crippen LogP contribution in [0, 0.1) is 0 Å². The lowest BCUT2D eigenvalue weighted by Gasteiger charge is -2.10. The topological polar surface area (TPSA) is 49.3 Å². The Labute approximate surface area is 124 Å². The maximum atomic E-state index is 11.1. The Bertz CT molecular complexity index is 599. The quantitative estimate of drug-likeness (QED) is 0.866. The molecule has 98 valence electrons. The molecule has 2 N–H and O–H groups in total. The van der Waals surface area contributed by atoms with E-state index >= 15 is 0 Å². The minimum atomic E-state index is -0.977. The van der Waals surface area contributed by atoms with Crippen LogP contribution in [0.5, 0.6) is 0 Å². The minimum absolute atomic E-state index is 0.210. The summed E-state index contributed by atoms with van der Waals surface area (Å²) >= 11 is 9.25. The molecule has 0 saturated carbocycles. The molecule has 0 bridgehead atoms. The monoisotopic (exact) mass is 339 g/mol. The molecule has 0 aliphatic rings. The molecule has 2 rings (SSSR count). The predicted molar refractivity (Wildman–Crippen MR) is 79.9 cm³/mol. The molecule has 2 aromatic rings. The van der Waals surface area contributed by atoms with E-state index in [1.807, 2.05) is 24.3 Å². The summed E-state index contributed by atoms with van der Waals surface area (Å²) in [6, 6.07) is 12.5. The largest absolute Gasteiger partial charge is 0.478 e. The number of rotatable bonds is 4. The third kappa shape index (κ3) is 3.72. The van der Waals surface area contributed by atoms with Crippen LogP contribution < -0.4 is 5.32 Å². The number of hydrogen-bond acceptors (Lipinski definition) is 2. The van der Waals surface area contributed by atoms with E-state index in [-0.39, 0.29) is 5.56 Å². The van der Waals surface area contributed by atoms with E-state index in [1.54, 1.807) is 12.1 Å². The van der Waals surface area contributed by atoms with Crippen molar-refractivity contribution in [3.63, 3.8) is 0 Å². The van der Waals surface area contributed by atoms with E-state index in [0.29, 0.717) is 17.3 Å². The Balaban J connectivity index is 2.16. The Morgan fingerprint density at radius 2 is 1.89 bits per heavy atom. The van der Waals surface area contributed by atoms with Crippen molar-refractivity contribution in [1.29, 1.82) is 0 Å². The molecule has 0 saturated heterocycles. The van der Waals surface area contributed by atoms with Crippen LogP contribution in [0.4, 0.5) is 5.69 Å². The lowest BCUT2D eigenvalue weighted by Crippen LogP contribution is -2.06. The summed E-state index contributed by atoms with van der Waals surface area (Å²) in [5, 5.41) is 12.7. The van der Waals surface area contributed by atoms with Gasteiger partial charge in [-0.15, -0.1) is 0 Å². The van der Waals surface area contributed by atoms with Gasteiger partial charge in [0.25, 0.3) is 0 Å². The molecule has 0 heterocycles. The van der Waals surface area contributed by atoms with Crippen LogP contribution in [0.15, 0.2) is 46.9 Å². The summed E-state index contributed by atoms with van der Waals surface area (Å²) in [6.45, 7) is 0.536. The van der Waals surface area contributed by atoms with Crippen molar-refractivity contribution < 1.29 is 9.90 Å². The normalized spacial score (nSPS) is 10.2. The Morgan fingerprint density at radius 3 is 2.53 bits per heavy atom.